The Bertz CT molecular complexity index is 1070. The third-order valence-electron chi connectivity index (χ3n) is 3.34. The van der Waals surface area contributed by atoms with Crippen molar-refractivity contribution < 1.29 is 26.4 Å². The smallest absolute Gasteiger partial charge is 0.274 e. The van der Waals surface area contributed by atoms with Gasteiger partial charge in [0.05, 0.1) is 10.7 Å². The number of benzene rings is 1. The highest BCUT2D eigenvalue weighted by molar-refractivity contribution is 7.94. The molecule has 27 heavy (non-hydrogen) atoms. The molecule has 148 valence electrons. The average Bonchev–Trinajstić information content (AvgIpc) is 2.83. The van der Waals surface area contributed by atoms with Crippen molar-refractivity contribution >= 4 is 44.8 Å². The summed E-state index contributed by atoms with van der Waals surface area (Å²) in [6.07, 6.45) is 0. The Morgan fingerprint density at radius 2 is 1.96 bits per heavy atom. The maximum absolute atomic E-state index is 14.3. The first-order valence-corrected chi connectivity index (χ1v) is 9.49. The van der Waals surface area contributed by atoms with Gasteiger partial charge in [0.1, 0.15) is 16.7 Å². The summed E-state index contributed by atoms with van der Waals surface area (Å²) in [5.41, 5.74) is -2.57. The Kier molecular flexibility index (Phi) is 5.92. The van der Waals surface area contributed by atoms with Gasteiger partial charge in [-0.25, -0.2) is 26.5 Å². The molecular formula is C13H11Cl2F3N4O4S. The number of anilines is 1. The zero-order valence-electron chi connectivity index (χ0n) is 13.7. The molecule has 1 amide bonds. The summed E-state index contributed by atoms with van der Waals surface area (Å²) in [6.45, 7) is -1.24. The molecule has 1 aromatic carbocycles. The van der Waals surface area contributed by atoms with E-state index in [4.69, 9.17) is 23.2 Å². The number of aromatic nitrogens is 3. The van der Waals surface area contributed by atoms with Crippen LogP contribution in [0.2, 0.25) is 5.02 Å². The van der Waals surface area contributed by atoms with Gasteiger partial charge in [-0.3, -0.25) is 4.79 Å². The lowest BCUT2D eigenvalue weighted by molar-refractivity contribution is -0.115. The maximum Gasteiger partial charge on any atom is 0.355 e. The number of aryl methyl sites for hydroxylation is 1. The van der Waals surface area contributed by atoms with Gasteiger partial charge in [0, 0.05) is 6.92 Å². The lowest BCUT2D eigenvalue weighted by Gasteiger charge is -2.21. The average molecular weight is 447 g/mol. The SMILES string of the molecule is CC(=O)N(c1cc(-n2nc(C)n(C(F)F)c2=O)c(F)cc1Cl)S(=O)(=O)CCl. The Hall–Kier alpha value is -2.05. The lowest BCUT2D eigenvalue weighted by atomic mass is 10.2. The summed E-state index contributed by atoms with van der Waals surface area (Å²) in [4.78, 5) is 23.9. The normalized spacial score (nSPS) is 11.9. The van der Waals surface area contributed by atoms with Crippen molar-refractivity contribution in [1.29, 1.82) is 0 Å². The van der Waals surface area contributed by atoms with Crippen molar-refractivity contribution in [3.8, 4) is 5.69 Å². The van der Waals surface area contributed by atoms with Crippen LogP contribution in [0.3, 0.4) is 0 Å². The summed E-state index contributed by atoms with van der Waals surface area (Å²) in [6, 6.07) is 1.35. The molecule has 8 nitrogen and oxygen atoms in total. The monoisotopic (exact) mass is 446 g/mol. The van der Waals surface area contributed by atoms with E-state index in [9.17, 15) is 31.2 Å². The van der Waals surface area contributed by atoms with E-state index in [1.165, 1.54) is 0 Å². The molecule has 0 saturated heterocycles. The number of amides is 1. The number of halogens is 5. The highest BCUT2D eigenvalue weighted by Crippen LogP contribution is 2.32. The third-order valence-corrected chi connectivity index (χ3v) is 5.76. The molecule has 0 aliphatic heterocycles. The van der Waals surface area contributed by atoms with Crippen LogP contribution in [-0.4, -0.2) is 33.9 Å². The number of nitrogens with zero attached hydrogens (tertiary/aromatic N) is 4. The third kappa shape index (κ3) is 3.82. The molecule has 0 saturated carbocycles. The second-order valence-corrected chi connectivity index (χ2v) is 7.96. The number of hydrogen-bond donors (Lipinski definition) is 0. The number of alkyl halides is 3. The van der Waals surface area contributed by atoms with Crippen molar-refractivity contribution in [3.63, 3.8) is 0 Å². The number of carbonyl (C=O) groups is 1. The first-order valence-electron chi connectivity index (χ1n) is 6.97. The van der Waals surface area contributed by atoms with Crippen LogP contribution in [0.15, 0.2) is 16.9 Å². The molecule has 0 N–H and O–H groups in total. The van der Waals surface area contributed by atoms with Crippen molar-refractivity contribution in [2.75, 3.05) is 9.52 Å². The first kappa shape index (κ1) is 21.3. The van der Waals surface area contributed by atoms with Crippen LogP contribution < -0.4 is 9.99 Å². The summed E-state index contributed by atoms with van der Waals surface area (Å²) >= 11 is 11.2. The molecule has 1 heterocycles. The predicted octanol–water partition coefficient (Wildman–Crippen LogP) is 2.41. The van der Waals surface area contributed by atoms with Gasteiger partial charge in [0.25, 0.3) is 10.0 Å². The van der Waals surface area contributed by atoms with Crippen LogP contribution in [0.5, 0.6) is 0 Å². The highest BCUT2D eigenvalue weighted by Gasteiger charge is 2.30. The Balaban J connectivity index is 2.80. The van der Waals surface area contributed by atoms with Crippen molar-refractivity contribution in [2.45, 2.75) is 20.4 Å². The molecule has 0 radical (unpaired) electrons. The lowest BCUT2D eigenvalue weighted by Crippen LogP contribution is -2.36. The van der Waals surface area contributed by atoms with Gasteiger partial charge in [0.15, 0.2) is 5.82 Å². The Morgan fingerprint density at radius 3 is 2.41 bits per heavy atom. The minimum absolute atomic E-state index is 0.00592. The number of sulfonamides is 1. The molecule has 0 unspecified atom stereocenters. The van der Waals surface area contributed by atoms with Crippen molar-refractivity contribution in [2.24, 2.45) is 0 Å². The topological polar surface area (TPSA) is 94.3 Å². The predicted molar refractivity (Wildman–Crippen MR) is 91.6 cm³/mol. The summed E-state index contributed by atoms with van der Waals surface area (Å²) in [5, 5.41) is 2.07. The van der Waals surface area contributed by atoms with E-state index < -0.39 is 61.4 Å². The van der Waals surface area contributed by atoms with Gasteiger partial charge in [0.2, 0.25) is 5.91 Å². The molecule has 0 aliphatic carbocycles. The highest BCUT2D eigenvalue weighted by atomic mass is 35.5. The van der Waals surface area contributed by atoms with E-state index in [0.717, 1.165) is 19.9 Å². The van der Waals surface area contributed by atoms with Crippen LogP contribution in [0.25, 0.3) is 5.69 Å². The van der Waals surface area contributed by atoms with Gasteiger partial charge < -0.3 is 0 Å². The van der Waals surface area contributed by atoms with Gasteiger partial charge >= 0.3 is 12.2 Å². The van der Waals surface area contributed by atoms with E-state index in [2.05, 4.69) is 5.10 Å². The largest absolute Gasteiger partial charge is 0.355 e. The minimum Gasteiger partial charge on any atom is -0.274 e. The molecule has 14 heteroatoms. The molecule has 0 fully saturated rings. The molecule has 0 aliphatic rings. The molecule has 1 aromatic heterocycles. The number of carbonyl (C=O) groups excluding carboxylic acids is 1. The fourth-order valence-corrected chi connectivity index (χ4v) is 3.78. The summed E-state index contributed by atoms with van der Waals surface area (Å²) in [5.74, 6) is -2.59. The van der Waals surface area contributed by atoms with Crippen molar-refractivity contribution in [3.05, 3.63) is 39.3 Å². The summed E-state index contributed by atoms with van der Waals surface area (Å²) in [7, 11) is -4.36. The molecule has 0 spiro atoms. The maximum atomic E-state index is 14.3. The standard InChI is InChI=1S/C13H11Cl2F3N4O4S/c1-6-19-21(13(24)20(6)12(17)18)11-4-10(8(15)3-9(11)16)22(7(2)23)27(25,26)5-14/h3-4,12H,5H2,1-2H3. The molecule has 2 rings (SSSR count). The fourth-order valence-electron chi connectivity index (χ4n) is 2.27. The number of hydrogen-bond acceptors (Lipinski definition) is 5. The second kappa shape index (κ2) is 7.52. The van der Waals surface area contributed by atoms with E-state index in [1.54, 1.807) is 0 Å². The Morgan fingerprint density at radius 1 is 1.37 bits per heavy atom. The van der Waals surface area contributed by atoms with Gasteiger partial charge in [-0.1, -0.05) is 11.6 Å². The van der Waals surface area contributed by atoms with Crippen LogP contribution in [0.4, 0.5) is 18.9 Å². The van der Waals surface area contributed by atoms with Crippen molar-refractivity contribution in [1.82, 2.24) is 14.3 Å². The van der Waals surface area contributed by atoms with Crippen LogP contribution in [0, 0.1) is 12.7 Å². The molecular weight excluding hydrogens is 436 g/mol. The van der Waals surface area contributed by atoms with E-state index in [1.807, 2.05) is 0 Å². The second-order valence-electron chi connectivity index (χ2n) is 5.15. The zero-order chi connectivity index (χ0) is 20.7. The van der Waals surface area contributed by atoms with E-state index >= 15 is 0 Å². The van der Waals surface area contributed by atoms with Crippen LogP contribution in [-0.2, 0) is 14.8 Å². The Labute approximate surface area is 160 Å². The van der Waals surface area contributed by atoms with Gasteiger partial charge in [-0.15, -0.1) is 16.7 Å². The zero-order valence-corrected chi connectivity index (χ0v) is 16.0. The van der Waals surface area contributed by atoms with E-state index in [-0.39, 0.29) is 8.87 Å². The molecule has 0 atom stereocenters. The van der Waals surface area contributed by atoms with Crippen LogP contribution in [0.1, 0.15) is 19.3 Å². The van der Waals surface area contributed by atoms with Crippen LogP contribution >= 0.6 is 23.2 Å². The number of rotatable bonds is 5. The first-order chi connectivity index (χ1) is 12.4. The van der Waals surface area contributed by atoms with Gasteiger partial charge in [-0.05, 0) is 19.1 Å². The fraction of sp³-hybridized carbons (Fsp3) is 0.308. The van der Waals surface area contributed by atoms with E-state index in [0.29, 0.717) is 10.7 Å². The van der Waals surface area contributed by atoms with Gasteiger partial charge in [-0.2, -0.15) is 13.5 Å². The quantitative estimate of drug-likeness (QED) is 0.657. The molecule has 2 aromatic rings. The minimum atomic E-state index is -4.36. The molecule has 0 bridgehead atoms. The summed E-state index contributed by atoms with van der Waals surface area (Å²) < 4.78 is 64.9.